The lowest BCUT2D eigenvalue weighted by molar-refractivity contribution is -0.118. The minimum absolute atomic E-state index is 0.105. The second kappa shape index (κ2) is 3.27. The van der Waals surface area contributed by atoms with Crippen LogP contribution in [0, 0.1) is 0 Å². The molecule has 1 N–H and O–H groups in total. The molecule has 1 unspecified atom stereocenters. The first-order chi connectivity index (χ1) is 7.30. The van der Waals surface area contributed by atoms with Gasteiger partial charge >= 0.3 is 0 Å². The molecule has 0 saturated carbocycles. The van der Waals surface area contributed by atoms with Crippen LogP contribution in [0.25, 0.3) is 0 Å². The first-order valence-electron chi connectivity index (χ1n) is 5.33. The van der Waals surface area contributed by atoms with Crippen molar-refractivity contribution in [3.05, 3.63) is 35.4 Å². The average molecular weight is 219 g/mol. The fraction of sp³-hybridized carbons (Fsp3) is 0.417. The summed E-state index contributed by atoms with van der Waals surface area (Å²) in [5, 5.41) is 3.15. The van der Waals surface area contributed by atoms with Crippen LogP contribution in [0.5, 0.6) is 0 Å². The molecule has 1 spiro atoms. The van der Waals surface area contributed by atoms with E-state index in [0.29, 0.717) is 5.75 Å². The van der Waals surface area contributed by atoms with Crippen molar-refractivity contribution in [3.63, 3.8) is 0 Å². The highest BCUT2D eigenvalue weighted by atomic mass is 32.2. The van der Waals surface area contributed by atoms with Gasteiger partial charge in [-0.15, -0.1) is 11.8 Å². The smallest absolute Gasteiger partial charge is 0.231 e. The van der Waals surface area contributed by atoms with E-state index in [1.54, 1.807) is 11.8 Å². The van der Waals surface area contributed by atoms with Gasteiger partial charge in [-0.25, -0.2) is 0 Å². The molecule has 1 amide bonds. The second-order valence-corrected chi connectivity index (χ2v) is 5.45. The van der Waals surface area contributed by atoms with Crippen molar-refractivity contribution in [3.8, 4) is 0 Å². The molecule has 2 aliphatic rings. The van der Waals surface area contributed by atoms with Gasteiger partial charge in [0, 0.05) is 0 Å². The molecule has 1 aromatic carbocycles. The second-order valence-electron chi connectivity index (χ2n) is 4.17. The highest BCUT2D eigenvalue weighted by Crippen LogP contribution is 2.46. The van der Waals surface area contributed by atoms with Gasteiger partial charge in [0.1, 0.15) is 4.87 Å². The SMILES string of the molecule is O=C1CSC2(CCCc3ccccc32)N1. The number of nitrogens with one attached hydrogen (secondary N) is 1. The number of hydrogen-bond donors (Lipinski definition) is 1. The van der Waals surface area contributed by atoms with Gasteiger partial charge in [0.05, 0.1) is 5.75 Å². The molecule has 1 atom stereocenters. The summed E-state index contributed by atoms with van der Waals surface area (Å²) in [5.74, 6) is 0.783. The number of carbonyl (C=O) groups is 1. The molecule has 1 aliphatic carbocycles. The van der Waals surface area contributed by atoms with E-state index in [9.17, 15) is 4.79 Å². The standard InChI is InChI=1S/C12H13NOS/c14-11-8-15-12(13-11)7-3-5-9-4-1-2-6-10(9)12/h1-2,4,6H,3,5,7-8H2,(H,13,14). The molecule has 78 valence electrons. The van der Waals surface area contributed by atoms with Gasteiger partial charge in [0.25, 0.3) is 0 Å². The fourth-order valence-electron chi connectivity index (χ4n) is 2.56. The molecule has 0 bridgehead atoms. The van der Waals surface area contributed by atoms with Gasteiger partial charge in [-0.3, -0.25) is 4.79 Å². The highest BCUT2D eigenvalue weighted by molar-refractivity contribution is 8.01. The molecule has 3 rings (SSSR count). The molecule has 1 aliphatic heterocycles. The number of benzene rings is 1. The van der Waals surface area contributed by atoms with Crippen LogP contribution in [0.2, 0.25) is 0 Å². The number of aryl methyl sites for hydroxylation is 1. The Hall–Kier alpha value is -0.960. The summed E-state index contributed by atoms with van der Waals surface area (Å²) in [4.78, 5) is 11.3. The van der Waals surface area contributed by atoms with E-state index >= 15 is 0 Å². The molecular weight excluding hydrogens is 206 g/mol. The maximum absolute atomic E-state index is 11.4. The zero-order valence-corrected chi connectivity index (χ0v) is 9.27. The van der Waals surface area contributed by atoms with Gasteiger partial charge in [0.2, 0.25) is 5.91 Å². The highest BCUT2D eigenvalue weighted by Gasteiger charge is 2.42. The summed E-state index contributed by atoms with van der Waals surface area (Å²) in [7, 11) is 0. The van der Waals surface area contributed by atoms with Gasteiger partial charge in [-0.1, -0.05) is 24.3 Å². The number of amides is 1. The summed E-state index contributed by atoms with van der Waals surface area (Å²) in [6.07, 6.45) is 3.39. The van der Waals surface area contributed by atoms with Gasteiger partial charge in [-0.05, 0) is 30.4 Å². The van der Waals surface area contributed by atoms with E-state index in [1.807, 2.05) is 0 Å². The maximum atomic E-state index is 11.4. The molecule has 1 heterocycles. The van der Waals surface area contributed by atoms with Gasteiger partial charge < -0.3 is 5.32 Å². The van der Waals surface area contributed by atoms with Crippen LogP contribution >= 0.6 is 11.8 Å². The molecule has 1 saturated heterocycles. The molecule has 15 heavy (non-hydrogen) atoms. The lowest BCUT2D eigenvalue weighted by Gasteiger charge is -2.34. The monoisotopic (exact) mass is 219 g/mol. The Morgan fingerprint density at radius 2 is 2.20 bits per heavy atom. The summed E-state index contributed by atoms with van der Waals surface area (Å²) in [6.45, 7) is 0. The van der Waals surface area contributed by atoms with Crippen molar-refractivity contribution in [1.82, 2.24) is 5.32 Å². The lowest BCUT2D eigenvalue weighted by Crippen LogP contribution is -2.39. The number of carbonyl (C=O) groups excluding carboxylic acids is 1. The van der Waals surface area contributed by atoms with E-state index in [2.05, 4.69) is 29.6 Å². The third-order valence-electron chi connectivity index (χ3n) is 3.22. The summed E-state index contributed by atoms with van der Waals surface area (Å²) >= 11 is 1.76. The zero-order chi connectivity index (χ0) is 10.3. The summed E-state index contributed by atoms with van der Waals surface area (Å²) in [6, 6.07) is 8.49. The largest absolute Gasteiger partial charge is 0.337 e. The molecule has 0 radical (unpaired) electrons. The van der Waals surface area contributed by atoms with Crippen molar-refractivity contribution >= 4 is 17.7 Å². The van der Waals surface area contributed by atoms with E-state index in [1.165, 1.54) is 17.5 Å². The van der Waals surface area contributed by atoms with Crippen molar-refractivity contribution in [2.24, 2.45) is 0 Å². The Morgan fingerprint density at radius 3 is 3.00 bits per heavy atom. The Labute approximate surface area is 93.4 Å². The Morgan fingerprint density at radius 1 is 1.33 bits per heavy atom. The Balaban J connectivity index is 2.09. The topological polar surface area (TPSA) is 29.1 Å². The lowest BCUT2D eigenvalue weighted by atomic mass is 9.87. The van der Waals surface area contributed by atoms with Crippen LogP contribution in [0.3, 0.4) is 0 Å². The van der Waals surface area contributed by atoms with E-state index in [4.69, 9.17) is 0 Å². The average Bonchev–Trinajstić information content (AvgIpc) is 2.62. The normalized spacial score (nSPS) is 28.9. The van der Waals surface area contributed by atoms with Crippen LogP contribution in [0.4, 0.5) is 0 Å². The van der Waals surface area contributed by atoms with E-state index < -0.39 is 0 Å². The Bertz CT molecular complexity index is 418. The third-order valence-corrected chi connectivity index (χ3v) is 4.64. The molecule has 0 aromatic heterocycles. The van der Waals surface area contributed by atoms with Gasteiger partial charge in [0.15, 0.2) is 0 Å². The van der Waals surface area contributed by atoms with Crippen molar-refractivity contribution in [1.29, 1.82) is 0 Å². The van der Waals surface area contributed by atoms with Crippen LogP contribution in [-0.4, -0.2) is 11.7 Å². The number of fused-ring (bicyclic) bond motifs is 2. The number of hydrogen-bond acceptors (Lipinski definition) is 2. The predicted octanol–water partition coefficient (Wildman–Crippen LogP) is 2.04. The van der Waals surface area contributed by atoms with Crippen molar-refractivity contribution < 1.29 is 4.79 Å². The minimum Gasteiger partial charge on any atom is -0.337 e. The number of thioether (sulfide) groups is 1. The Kier molecular flexibility index (Phi) is 2.02. The van der Waals surface area contributed by atoms with Crippen LogP contribution in [-0.2, 0) is 16.1 Å². The summed E-state index contributed by atoms with van der Waals surface area (Å²) in [5.41, 5.74) is 2.73. The fourth-order valence-corrected chi connectivity index (χ4v) is 3.84. The van der Waals surface area contributed by atoms with Crippen LogP contribution in [0.1, 0.15) is 24.0 Å². The maximum Gasteiger partial charge on any atom is 0.231 e. The van der Waals surface area contributed by atoms with Crippen molar-refractivity contribution in [2.75, 3.05) is 5.75 Å². The molecule has 1 aromatic rings. The van der Waals surface area contributed by atoms with Crippen LogP contribution in [0.15, 0.2) is 24.3 Å². The molecular formula is C12H13NOS. The first-order valence-corrected chi connectivity index (χ1v) is 6.32. The minimum atomic E-state index is -0.105. The third kappa shape index (κ3) is 1.37. The summed E-state index contributed by atoms with van der Waals surface area (Å²) < 4.78 is 0. The molecule has 2 nitrogen and oxygen atoms in total. The van der Waals surface area contributed by atoms with Crippen molar-refractivity contribution in [2.45, 2.75) is 24.1 Å². The number of rotatable bonds is 0. The molecule has 1 fully saturated rings. The predicted molar refractivity (Wildman–Crippen MR) is 61.7 cm³/mol. The van der Waals surface area contributed by atoms with Crippen LogP contribution < -0.4 is 5.32 Å². The van der Waals surface area contributed by atoms with E-state index in [0.717, 1.165) is 12.8 Å². The van der Waals surface area contributed by atoms with E-state index in [-0.39, 0.29) is 10.8 Å². The first kappa shape index (κ1) is 9.28. The molecule has 3 heteroatoms. The zero-order valence-electron chi connectivity index (χ0n) is 8.45. The van der Waals surface area contributed by atoms with Gasteiger partial charge in [-0.2, -0.15) is 0 Å². The quantitative estimate of drug-likeness (QED) is 0.723.